The minimum atomic E-state index is -1.24. The minimum Gasteiger partial charge on any atom is -0.378 e. The molecule has 4 fully saturated rings. The van der Waals surface area contributed by atoms with Gasteiger partial charge in [0.2, 0.25) is 47.3 Å². The van der Waals surface area contributed by atoms with Gasteiger partial charge in [0, 0.05) is 92.5 Å². The second-order valence-electron chi connectivity index (χ2n) is 17.2. The summed E-state index contributed by atoms with van der Waals surface area (Å²) in [6, 6.07) is 0. The van der Waals surface area contributed by atoms with Gasteiger partial charge in [-0.05, 0) is 37.5 Å². The topological polar surface area (TPSA) is 203 Å². The third-order valence-corrected chi connectivity index (χ3v) is 12.0. The zero-order valence-corrected chi connectivity index (χ0v) is 32.7. The van der Waals surface area contributed by atoms with Crippen molar-refractivity contribution in [1.82, 2.24) is 30.7 Å². The lowest BCUT2D eigenvalue weighted by Crippen LogP contribution is -2.60. The molecule has 4 rings (SSSR count). The van der Waals surface area contributed by atoms with Crippen molar-refractivity contribution in [2.75, 3.05) is 39.3 Å². The van der Waals surface area contributed by atoms with Crippen LogP contribution in [0.25, 0.3) is 0 Å². The van der Waals surface area contributed by atoms with Crippen molar-refractivity contribution in [2.45, 2.75) is 107 Å². The fraction of sp³-hybridized carbons (Fsp3) is 0.789. The molecule has 3 heterocycles. The van der Waals surface area contributed by atoms with Gasteiger partial charge in [0.1, 0.15) is 6.23 Å². The van der Waals surface area contributed by atoms with Crippen molar-refractivity contribution in [3.05, 3.63) is 0 Å². The number of carbonyl (C=O) groups excluding carboxylic acids is 8. The first-order valence-electron chi connectivity index (χ1n) is 19.2. The second-order valence-corrected chi connectivity index (χ2v) is 17.2. The molecule has 3 saturated heterocycles. The first kappa shape index (κ1) is 42.0. The number of hydrogen-bond acceptors (Lipinski definition) is 10. The molecule has 0 aromatic carbocycles. The van der Waals surface area contributed by atoms with Crippen molar-refractivity contribution in [1.29, 1.82) is 0 Å². The number of nitrogens with zero attached hydrogens (tertiary/aromatic N) is 3. The van der Waals surface area contributed by atoms with Crippen LogP contribution in [-0.2, 0) is 38.4 Å². The van der Waals surface area contributed by atoms with Crippen molar-refractivity contribution in [2.24, 2.45) is 45.8 Å². The minimum absolute atomic E-state index is 0.00611. The fourth-order valence-corrected chi connectivity index (χ4v) is 9.13. The molecule has 1 aliphatic carbocycles. The molecule has 4 aliphatic rings. The van der Waals surface area contributed by atoms with E-state index < -0.39 is 46.1 Å². The van der Waals surface area contributed by atoms with E-state index in [9.17, 15) is 43.5 Å². The molecule has 0 spiro atoms. The van der Waals surface area contributed by atoms with Crippen molar-refractivity contribution < 1.29 is 43.5 Å². The molecule has 53 heavy (non-hydrogen) atoms. The van der Waals surface area contributed by atoms with E-state index in [0.29, 0.717) is 6.42 Å². The van der Waals surface area contributed by atoms with E-state index in [1.807, 2.05) is 34.6 Å². The summed E-state index contributed by atoms with van der Waals surface area (Å²) < 4.78 is 0. The molecule has 0 aromatic rings. The molecular formula is C38H60N6O9. The Morgan fingerprint density at radius 2 is 1.06 bits per heavy atom. The van der Waals surface area contributed by atoms with Crippen LogP contribution in [0.1, 0.15) is 100 Å². The maximum atomic E-state index is 14.0. The Morgan fingerprint density at radius 3 is 1.43 bits per heavy atom. The fourth-order valence-electron chi connectivity index (χ4n) is 9.13. The van der Waals surface area contributed by atoms with E-state index in [-0.39, 0.29) is 131 Å². The Labute approximate surface area is 312 Å². The lowest BCUT2D eigenvalue weighted by atomic mass is 9.53. The molecule has 7 atom stereocenters. The van der Waals surface area contributed by atoms with Gasteiger partial charge in [-0.2, -0.15) is 0 Å². The molecular weight excluding hydrogens is 684 g/mol. The summed E-state index contributed by atoms with van der Waals surface area (Å²) in [5.74, 6) is -3.49. The summed E-state index contributed by atoms with van der Waals surface area (Å²) in [7, 11) is 0. The predicted molar refractivity (Wildman–Crippen MR) is 193 cm³/mol. The van der Waals surface area contributed by atoms with Gasteiger partial charge in [0.15, 0.2) is 0 Å². The Bertz CT molecular complexity index is 1420. The Balaban J connectivity index is 1.47. The van der Waals surface area contributed by atoms with Crippen LogP contribution < -0.4 is 16.0 Å². The van der Waals surface area contributed by atoms with Gasteiger partial charge in [0.05, 0.1) is 0 Å². The summed E-state index contributed by atoms with van der Waals surface area (Å²) in [6.07, 6.45) is 0.170. The van der Waals surface area contributed by atoms with Gasteiger partial charge in [-0.1, -0.05) is 55.4 Å². The van der Waals surface area contributed by atoms with Gasteiger partial charge in [-0.15, -0.1) is 0 Å². The van der Waals surface area contributed by atoms with Crippen LogP contribution in [0.5, 0.6) is 0 Å². The number of aliphatic hydroxyl groups excluding tert-OH is 1. The predicted octanol–water partition coefficient (Wildman–Crippen LogP) is 1.18. The number of imide groups is 3. The van der Waals surface area contributed by atoms with Gasteiger partial charge in [-0.3, -0.25) is 58.4 Å². The average Bonchev–Trinajstić information content (AvgIpc) is 3.64. The monoisotopic (exact) mass is 744 g/mol. The molecule has 0 radical (unpaired) electrons. The van der Waals surface area contributed by atoms with E-state index in [2.05, 4.69) is 16.0 Å². The van der Waals surface area contributed by atoms with Crippen LogP contribution in [0, 0.1) is 45.8 Å². The molecule has 0 bridgehead atoms. The summed E-state index contributed by atoms with van der Waals surface area (Å²) in [5.41, 5.74) is -3.44. The highest BCUT2D eigenvalue weighted by Gasteiger charge is 2.57. The van der Waals surface area contributed by atoms with Crippen LogP contribution in [0.2, 0.25) is 0 Å². The third-order valence-electron chi connectivity index (χ3n) is 12.0. The largest absolute Gasteiger partial charge is 0.378 e. The maximum absolute atomic E-state index is 14.0. The van der Waals surface area contributed by atoms with Crippen LogP contribution in [-0.4, -0.2) is 113 Å². The highest BCUT2D eigenvalue weighted by molar-refractivity contribution is 6.05. The molecule has 4 N–H and O–H groups in total. The standard InChI is InChI=1S/C38H60N6O9/c1-9-24-16-27(45)42(30(24)48)13-10-39-33(51)36(6)19-37(7,34(52)40-11-14-43-28(46)17-25(22(2)3)31(43)49)21-38(8,20-36)35(53)41-12-15-44-29(47)18-26(23(4)5)32(44)50/h22-26,33,39,51H,9-21H2,1-8H3,(H,40,52)(H,41,53)/t24?,25?,26?,33?,36?,37-,38+. The SMILES string of the molecule is CCC1CC(=O)N(CCNC(O)C2(C)C[C@](C)(C(=O)NCCN3C(=O)CC(C(C)C)C3=O)C[C@](C)(C(=O)NCCN3C(=O)CC(C(C)C)C3=O)C2)C1=O. The zero-order valence-electron chi connectivity index (χ0n) is 32.7. The van der Waals surface area contributed by atoms with E-state index in [0.717, 1.165) is 0 Å². The van der Waals surface area contributed by atoms with Crippen LogP contribution in [0.4, 0.5) is 0 Å². The molecule has 15 nitrogen and oxygen atoms in total. The highest BCUT2D eigenvalue weighted by atomic mass is 16.3. The van der Waals surface area contributed by atoms with Crippen molar-refractivity contribution >= 4 is 47.3 Å². The van der Waals surface area contributed by atoms with Crippen LogP contribution in [0.15, 0.2) is 0 Å². The molecule has 296 valence electrons. The Hall–Kier alpha value is -3.72. The van der Waals surface area contributed by atoms with E-state index in [1.54, 1.807) is 20.8 Å². The normalized spacial score (nSPS) is 31.5. The number of aliphatic hydroxyl groups is 1. The van der Waals surface area contributed by atoms with E-state index >= 15 is 0 Å². The number of nitrogens with one attached hydrogen (secondary N) is 3. The lowest BCUT2D eigenvalue weighted by molar-refractivity contribution is -0.156. The van der Waals surface area contributed by atoms with Crippen molar-refractivity contribution in [3.8, 4) is 0 Å². The lowest BCUT2D eigenvalue weighted by Gasteiger charge is -2.53. The highest BCUT2D eigenvalue weighted by Crippen LogP contribution is 2.55. The molecule has 15 heteroatoms. The molecule has 3 aliphatic heterocycles. The third kappa shape index (κ3) is 8.82. The van der Waals surface area contributed by atoms with E-state index in [1.165, 1.54) is 14.7 Å². The molecule has 8 amide bonds. The Kier molecular flexibility index (Phi) is 13.0. The summed E-state index contributed by atoms with van der Waals surface area (Å²) >= 11 is 0. The van der Waals surface area contributed by atoms with Crippen molar-refractivity contribution in [3.63, 3.8) is 0 Å². The molecule has 1 saturated carbocycles. The number of hydrogen-bond donors (Lipinski definition) is 4. The number of amides is 8. The maximum Gasteiger partial charge on any atom is 0.233 e. The quantitative estimate of drug-likeness (QED) is 0.131. The summed E-state index contributed by atoms with van der Waals surface area (Å²) in [4.78, 5) is 108. The number of carbonyl (C=O) groups is 8. The van der Waals surface area contributed by atoms with Crippen LogP contribution in [0.3, 0.4) is 0 Å². The zero-order chi connectivity index (χ0) is 39.6. The average molecular weight is 745 g/mol. The second kappa shape index (κ2) is 16.3. The van der Waals surface area contributed by atoms with Gasteiger partial charge < -0.3 is 15.7 Å². The number of likely N-dealkylation sites (tertiary alicyclic amines) is 3. The summed E-state index contributed by atoms with van der Waals surface area (Å²) in [6.45, 7) is 14.9. The van der Waals surface area contributed by atoms with Gasteiger partial charge >= 0.3 is 0 Å². The first-order valence-corrected chi connectivity index (χ1v) is 19.2. The van der Waals surface area contributed by atoms with Gasteiger partial charge in [0.25, 0.3) is 0 Å². The molecule has 0 aromatic heterocycles. The van der Waals surface area contributed by atoms with Gasteiger partial charge in [-0.25, -0.2) is 0 Å². The molecule has 5 unspecified atom stereocenters. The smallest absolute Gasteiger partial charge is 0.233 e. The Morgan fingerprint density at radius 1 is 0.660 bits per heavy atom. The summed E-state index contributed by atoms with van der Waals surface area (Å²) in [5, 5.41) is 20.4. The number of rotatable bonds is 16. The van der Waals surface area contributed by atoms with E-state index in [4.69, 9.17) is 0 Å². The first-order chi connectivity index (χ1) is 24.7. The van der Waals surface area contributed by atoms with Crippen LogP contribution >= 0.6 is 0 Å².